The second-order valence-corrected chi connectivity index (χ2v) is 6.86. The van der Waals surface area contributed by atoms with Gasteiger partial charge in [-0.2, -0.15) is 12.7 Å². The van der Waals surface area contributed by atoms with Gasteiger partial charge in [-0.1, -0.05) is 0 Å². The van der Waals surface area contributed by atoms with Gasteiger partial charge in [0.15, 0.2) is 0 Å². The molecule has 0 bridgehead atoms. The van der Waals surface area contributed by atoms with Crippen molar-refractivity contribution in [2.24, 2.45) is 17.0 Å². The normalized spacial score (nSPS) is 28.6. The third-order valence-corrected chi connectivity index (χ3v) is 5.13. The minimum Gasteiger partial charge on any atom is -0.481 e. The number of amides is 1. The summed E-state index contributed by atoms with van der Waals surface area (Å²) in [5, 5.41) is 14.0. The van der Waals surface area contributed by atoms with Crippen LogP contribution in [-0.2, 0) is 19.8 Å². The third kappa shape index (κ3) is 3.28. The van der Waals surface area contributed by atoms with Crippen molar-refractivity contribution in [3.8, 4) is 0 Å². The molecule has 8 nitrogen and oxygen atoms in total. The topological polar surface area (TPSA) is 121 Å². The lowest BCUT2D eigenvalue weighted by molar-refractivity contribution is -0.141. The van der Waals surface area contributed by atoms with E-state index in [9.17, 15) is 18.0 Å². The SMILES string of the molecule is NS(=O)(=O)N1CCN(C(=O)C2CCC(C(=O)O)C2)CC1. The van der Waals surface area contributed by atoms with E-state index < -0.39 is 22.1 Å². The number of rotatable bonds is 3. The van der Waals surface area contributed by atoms with Crippen LogP contribution in [0.2, 0.25) is 0 Å². The predicted octanol–water partition coefficient (Wildman–Crippen LogP) is -1.16. The molecule has 0 spiro atoms. The first-order valence-corrected chi connectivity index (χ1v) is 8.09. The number of carboxylic acids is 1. The Morgan fingerprint density at radius 1 is 1.05 bits per heavy atom. The van der Waals surface area contributed by atoms with Crippen LogP contribution in [0.5, 0.6) is 0 Å². The van der Waals surface area contributed by atoms with E-state index in [1.165, 1.54) is 0 Å². The fourth-order valence-corrected chi connectivity index (χ4v) is 3.52. The summed E-state index contributed by atoms with van der Waals surface area (Å²) in [4.78, 5) is 24.8. The average Bonchev–Trinajstić information content (AvgIpc) is 2.86. The molecule has 2 fully saturated rings. The number of aliphatic carboxylic acids is 1. The van der Waals surface area contributed by atoms with Crippen LogP contribution in [0.15, 0.2) is 0 Å². The molecule has 1 saturated heterocycles. The van der Waals surface area contributed by atoms with Gasteiger partial charge in [0.1, 0.15) is 0 Å². The van der Waals surface area contributed by atoms with Crippen molar-refractivity contribution in [3.63, 3.8) is 0 Å². The minimum atomic E-state index is -3.70. The summed E-state index contributed by atoms with van der Waals surface area (Å²) >= 11 is 0. The summed E-state index contributed by atoms with van der Waals surface area (Å²) in [5.41, 5.74) is 0. The smallest absolute Gasteiger partial charge is 0.306 e. The first kappa shape index (κ1) is 15.2. The van der Waals surface area contributed by atoms with Crippen LogP contribution < -0.4 is 5.14 Å². The van der Waals surface area contributed by atoms with Gasteiger partial charge in [0.05, 0.1) is 5.92 Å². The van der Waals surface area contributed by atoms with Crippen molar-refractivity contribution in [3.05, 3.63) is 0 Å². The summed E-state index contributed by atoms with van der Waals surface area (Å²) < 4.78 is 23.5. The van der Waals surface area contributed by atoms with Gasteiger partial charge in [-0.05, 0) is 19.3 Å². The van der Waals surface area contributed by atoms with E-state index in [1.54, 1.807) is 4.90 Å². The van der Waals surface area contributed by atoms with Gasteiger partial charge >= 0.3 is 5.97 Å². The zero-order valence-corrected chi connectivity index (χ0v) is 11.9. The van der Waals surface area contributed by atoms with Gasteiger partial charge in [0.2, 0.25) is 5.91 Å². The van der Waals surface area contributed by atoms with E-state index in [1.807, 2.05) is 0 Å². The summed E-state index contributed by atoms with van der Waals surface area (Å²) in [6.45, 7) is 1.01. The van der Waals surface area contributed by atoms with Crippen LogP contribution >= 0.6 is 0 Å². The van der Waals surface area contributed by atoms with Crippen molar-refractivity contribution in [2.75, 3.05) is 26.2 Å². The van der Waals surface area contributed by atoms with Crippen LogP contribution in [0, 0.1) is 11.8 Å². The highest BCUT2D eigenvalue weighted by Crippen LogP contribution is 2.32. The Morgan fingerprint density at radius 3 is 2.05 bits per heavy atom. The number of carbonyl (C=O) groups is 2. The summed E-state index contributed by atoms with van der Waals surface area (Å²) in [6.07, 6.45) is 1.50. The summed E-state index contributed by atoms with van der Waals surface area (Å²) in [6, 6.07) is 0. The molecule has 2 atom stereocenters. The van der Waals surface area contributed by atoms with E-state index in [-0.39, 0.29) is 24.9 Å². The molecule has 0 aromatic heterocycles. The molecule has 3 N–H and O–H groups in total. The number of nitrogens with two attached hydrogens (primary N) is 1. The third-order valence-electron chi connectivity index (χ3n) is 4.04. The maximum absolute atomic E-state index is 12.3. The first-order chi connectivity index (χ1) is 9.29. The summed E-state index contributed by atoms with van der Waals surface area (Å²) in [7, 11) is -3.70. The highest BCUT2D eigenvalue weighted by molar-refractivity contribution is 7.86. The Kier molecular flexibility index (Phi) is 4.31. The van der Waals surface area contributed by atoms with Crippen LogP contribution in [0.25, 0.3) is 0 Å². The molecule has 2 unspecified atom stereocenters. The molecular weight excluding hydrogens is 286 g/mol. The van der Waals surface area contributed by atoms with E-state index in [4.69, 9.17) is 10.2 Å². The molecule has 1 aliphatic heterocycles. The Morgan fingerprint density at radius 2 is 1.60 bits per heavy atom. The molecule has 2 rings (SSSR count). The van der Waals surface area contributed by atoms with E-state index in [0.29, 0.717) is 32.4 Å². The lowest BCUT2D eigenvalue weighted by Gasteiger charge is -2.34. The van der Waals surface area contributed by atoms with E-state index >= 15 is 0 Å². The van der Waals surface area contributed by atoms with Gasteiger partial charge in [-0.3, -0.25) is 9.59 Å². The molecule has 1 saturated carbocycles. The number of nitrogens with zero attached hydrogens (tertiary/aromatic N) is 2. The Bertz CT molecular complexity index is 498. The molecule has 1 amide bonds. The molecule has 9 heteroatoms. The number of hydrogen-bond donors (Lipinski definition) is 2. The van der Waals surface area contributed by atoms with Gasteiger partial charge in [0, 0.05) is 32.1 Å². The second-order valence-electron chi connectivity index (χ2n) is 5.31. The quantitative estimate of drug-likeness (QED) is 0.681. The highest BCUT2D eigenvalue weighted by atomic mass is 32.2. The van der Waals surface area contributed by atoms with Crippen LogP contribution in [0.4, 0.5) is 0 Å². The molecule has 0 radical (unpaired) electrons. The van der Waals surface area contributed by atoms with Crippen molar-refractivity contribution in [1.82, 2.24) is 9.21 Å². The van der Waals surface area contributed by atoms with Gasteiger partial charge < -0.3 is 10.0 Å². The molecule has 1 aliphatic carbocycles. The minimum absolute atomic E-state index is 0.0668. The number of hydrogen-bond acceptors (Lipinski definition) is 4. The largest absolute Gasteiger partial charge is 0.481 e. The van der Waals surface area contributed by atoms with Crippen molar-refractivity contribution < 1.29 is 23.1 Å². The molecule has 20 heavy (non-hydrogen) atoms. The van der Waals surface area contributed by atoms with Crippen LogP contribution in [-0.4, -0.2) is 60.8 Å². The lowest BCUT2D eigenvalue weighted by atomic mass is 10.0. The van der Waals surface area contributed by atoms with Crippen molar-refractivity contribution in [1.29, 1.82) is 0 Å². The van der Waals surface area contributed by atoms with Crippen molar-refractivity contribution in [2.45, 2.75) is 19.3 Å². The fraction of sp³-hybridized carbons (Fsp3) is 0.818. The number of piperazine rings is 1. The average molecular weight is 305 g/mol. The Balaban J connectivity index is 1.88. The zero-order valence-electron chi connectivity index (χ0n) is 11.1. The second kappa shape index (κ2) is 5.66. The van der Waals surface area contributed by atoms with E-state index in [0.717, 1.165) is 4.31 Å². The van der Waals surface area contributed by atoms with Gasteiger partial charge in [-0.15, -0.1) is 0 Å². The molecule has 0 aromatic carbocycles. The highest BCUT2D eigenvalue weighted by Gasteiger charge is 2.37. The summed E-state index contributed by atoms with van der Waals surface area (Å²) in [5.74, 6) is -1.60. The van der Waals surface area contributed by atoms with Crippen LogP contribution in [0.1, 0.15) is 19.3 Å². The predicted molar refractivity (Wildman–Crippen MR) is 69.7 cm³/mol. The van der Waals surface area contributed by atoms with Gasteiger partial charge in [0.25, 0.3) is 10.2 Å². The monoisotopic (exact) mass is 305 g/mol. The Hall–Kier alpha value is -1.19. The molecule has 0 aromatic rings. The molecular formula is C11H19N3O5S. The first-order valence-electron chi connectivity index (χ1n) is 6.58. The number of carboxylic acid groups (broad SMARTS) is 1. The van der Waals surface area contributed by atoms with Crippen LogP contribution in [0.3, 0.4) is 0 Å². The molecule has 114 valence electrons. The maximum Gasteiger partial charge on any atom is 0.306 e. The molecule has 2 aliphatic rings. The standard InChI is InChI=1S/C11H19N3O5S/c12-20(18,19)14-5-3-13(4-6-14)10(15)8-1-2-9(7-8)11(16)17/h8-9H,1-7H2,(H,16,17)(H2,12,18,19). The maximum atomic E-state index is 12.3. The van der Waals surface area contributed by atoms with Gasteiger partial charge in [-0.25, -0.2) is 5.14 Å². The molecule has 1 heterocycles. The lowest BCUT2D eigenvalue weighted by Crippen LogP contribution is -2.53. The van der Waals surface area contributed by atoms with E-state index in [2.05, 4.69) is 0 Å². The zero-order chi connectivity index (χ0) is 14.9. The fourth-order valence-electron chi connectivity index (χ4n) is 2.85. The number of carbonyl (C=O) groups excluding carboxylic acids is 1. The Labute approximate surface area is 117 Å². The van der Waals surface area contributed by atoms with Crippen molar-refractivity contribution >= 4 is 22.1 Å².